The minimum absolute atomic E-state index is 0.000669. The van der Waals surface area contributed by atoms with Crippen molar-refractivity contribution in [1.29, 1.82) is 0 Å². The zero-order valence-corrected chi connectivity index (χ0v) is 19.6. The van der Waals surface area contributed by atoms with Crippen LogP contribution in [0, 0.1) is 6.92 Å². The number of aromatic carboxylic acids is 1. The van der Waals surface area contributed by atoms with Gasteiger partial charge in [0.1, 0.15) is 0 Å². The van der Waals surface area contributed by atoms with E-state index in [9.17, 15) is 14.7 Å². The first-order chi connectivity index (χ1) is 16.4. The summed E-state index contributed by atoms with van der Waals surface area (Å²) in [4.78, 5) is 32.8. The lowest BCUT2D eigenvalue weighted by Gasteiger charge is -2.35. The molecule has 0 amide bonds. The lowest BCUT2D eigenvalue weighted by atomic mass is 9.92. The third kappa shape index (κ3) is 4.03. The third-order valence-electron chi connectivity index (χ3n) is 6.89. The highest BCUT2D eigenvalue weighted by atomic mass is 16.5. The Morgan fingerprint density at radius 3 is 2.62 bits per heavy atom. The van der Waals surface area contributed by atoms with E-state index in [1.165, 1.54) is 0 Å². The number of carboxylic acids is 1. The molecule has 2 heterocycles. The summed E-state index contributed by atoms with van der Waals surface area (Å²) in [5.74, 6) is -0.269. The van der Waals surface area contributed by atoms with Gasteiger partial charge in [-0.1, -0.05) is 18.2 Å². The van der Waals surface area contributed by atoms with E-state index in [0.717, 1.165) is 30.4 Å². The fraction of sp³-hybridized carbons (Fsp3) is 0.423. The fourth-order valence-corrected chi connectivity index (χ4v) is 4.87. The van der Waals surface area contributed by atoms with Gasteiger partial charge in [0.2, 0.25) is 5.95 Å². The SMILES string of the molecule is Cc1cc([C@H](C)Nc2ccccc2C(=O)O)c2nc(N3CCOCC3)n(C3CCC3)c(=O)c2c1. The Balaban J connectivity index is 1.65. The molecule has 1 aromatic heterocycles. The van der Waals surface area contributed by atoms with Crippen LogP contribution in [0.5, 0.6) is 0 Å². The summed E-state index contributed by atoms with van der Waals surface area (Å²) >= 11 is 0. The van der Waals surface area contributed by atoms with Crippen molar-refractivity contribution in [3.63, 3.8) is 0 Å². The molecular formula is C26H30N4O4. The number of nitrogens with zero attached hydrogens (tertiary/aromatic N) is 3. The number of hydrogen-bond acceptors (Lipinski definition) is 6. The second kappa shape index (κ2) is 9.10. The Kier molecular flexibility index (Phi) is 6.00. The van der Waals surface area contributed by atoms with Crippen molar-refractivity contribution in [3.05, 3.63) is 63.4 Å². The molecule has 3 aromatic rings. The Morgan fingerprint density at radius 2 is 1.94 bits per heavy atom. The van der Waals surface area contributed by atoms with Gasteiger partial charge in [0, 0.05) is 30.4 Å². The van der Waals surface area contributed by atoms with E-state index >= 15 is 0 Å². The lowest BCUT2D eigenvalue weighted by Crippen LogP contribution is -2.42. The van der Waals surface area contributed by atoms with Crippen molar-refractivity contribution in [2.45, 2.75) is 45.2 Å². The van der Waals surface area contributed by atoms with Crippen molar-refractivity contribution in [1.82, 2.24) is 9.55 Å². The summed E-state index contributed by atoms with van der Waals surface area (Å²) in [6.45, 7) is 6.58. The van der Waals surface area contributed by atoms with Crippen molar-refractivity contribution >= 4 is 28.5 Å². The van der Waals surface area contributed by atoms with E-state index in [0.29, 0.717) is 48.8 Å². The van der Waals surface area contributed by atoms with Crippen LogP contribution in [0.4, 0.5) is 11.6 Å². The summed E-state index contributed by atoms with van der Waals surface area (Å²) < 4.78 is 7.44. The van der Waals surface area contributed by atoms with E-state index in [4.69, 9.17) is 9.72 Å². The van der Waals surface area contributed by atoms with E-state index in [2.05, 4.69) is 10.2 Å². The van der Waals surface area contributed by atoms with Crippen molar-refractivity contribution in [3.8, 4) is 0 Å². The van der Waals surface area contributed by atoms with Gasteiger partial charge in [0.25, 0.3) is 5.56 Å². The van der Waals surface area contributed by atoms with E-state index in [-0.39, 0.29) is 23.2 Å². The number of carboxylic acid groups (broad SMARTS) is 1. The molecule has 1 saturated heterocycles. The molecule has 2 fully saturated rings. The van der Waals surface area contributed by atoms with Gasteiger partial charge >= 0.3 is 5.97 Å². The van der Waals surface area contributed by atoms with Gasteiger partial charge in [-0.25, -0.2) is 9.78 Å². The summed E-state index contributed by atoms with van der Waals surface area (Å²) in [5, 5.41) is 13.5. The first-order valence-corrected chi connectivity index (χ1v) is 11.9. The van der Waals surface area contributed by atoms with Crippen LogP contribution < -0.4 is 15.8 Å². The maximum Gasteiger partial charge on any atom is 0.337 e. The molecule has 0 spiro atoms. The molecule has 2 N–H and O–H groups in total. The van der Waals surface area contributed by atoms with Crippen LogP contribution >= 0.6 is 0 Å². The van der Waals surface area contributed by atoms with Gasteiger partial charge in [0.15, 0.2) is 0 Å². The number of benzene rings is 2. The zero-order chi connectivity index (χ0) is 23.8. The number of aryl methyl sites for hydroxylation is 1. The molecule has 1 saturated carbocycles. The molecule has 0 unspecified atom stereocenters. The number of para-hydroxylation sites is 1. The molecule has 8 heteroatoms. The highest BCUT2D eigenvalue weighted by Gasteiger charge is 2.29. The average Bonchev–Trinajstić information content (AvgIpc) is 2.80. The minimum atomic E-state index is -0.986. The Morgan fingerprint density at radius 1 is 1.21 bits per heavy atom. The molecule has 5 rings (SSSR count). The second-order valence-corrected chi connectivity index (χ2v) is 9.24. The van der Waals surface area contributed by atoms with Crippen LogP contribution in [0.15, 0.2) is 41.2 Å². The smallest absolute Gasteiger partial charge is 0.337 e. The largest absolute Gasteiger partial charge is 0.478 e. The monoisotopic (exact) mass is 462 g/mol. The third-order valence-corrected chi connectivity index (χ3v) is 6.89. The maximum absolute atomic E-state index is 13.8. The quantitative estimate of drug-likeness (QED) is 0.568. The van der Waals surface area contributed by atoms with Crippen molar-refractivity contribution in [2.24, 2.45) is 0 Å². The van der Waals surface area contributed by atoms with Crippen molar-refractivity contribution < 1.29 is 14.6 Å². The van der Waals surface area contributed by atoms with Crippen LogP contribution in [-0.4, -0.2) is 46.9 Å². The van der Waals surface area contributed by atoms with Crippen LogP contribution in [0.25, 0.3) is 10.9 Å². The number of nitrogens with one attached hydrogen (secondary N) is 1. The molecule has 1 aliphatic carbocycles. The highest BCUT2D eigenvalue weighted by Crippen LogP contribution is 2.35. The number of carbonyl (C=O) groups is 1. The molecular weight excluding hydrogens is 432 g/mol. The predicted octanol–water partition coefficient (Wildman–Crippen LogP) is 4.14. The van der Waals surface area contributed by atoms with Gasteiger partial charge < -0.3 is 20.1 Å². The molecule has 1 atom stereocenters. The van der Waals surface area contributed by atoms with Gasteiger partial charge in [-0.15, -0.1) is 0 Å². The fourth-order valence-electron chi connectivity index (χ4n) is 4.87. The molecule has 0 bridgehead atoms. The van der Waals surface area contributed by atoms with E-state index in [1.54, 1.807) is 18.2 Å². The number of aromatic nitrogens is 2. The molecule has 8 nitrogen and oxygen atoms in total. The summed E-state index contributed by atoms with van der Waals surface area (Å²) in [5.41, 5.74) is 3.26. The van der Waals surface area contributed by atoms with Gasteiger partial charge in [-0.2, -0.15) is 0 Å². The summed E-state index contributed by atoms with van der Waals surface area (Å²) in [6.07, 6.45) is 3.11. The maximum atomic E-state index is 13.8. The molecule has 1 aliphatic heterocycles. The number of ether oxygens (including phenoxy) is 1. The number of rotatable bonds is 6. The lowest BCUT2D eigenvalue weighted by molar-refractivity contribution is 0.0698. The number of anilines is 2. The topological polar surface area (TPSA) is 96.7 Å². The van der Waals surface area contributed by atoms with Gasteiger partial charge in [-0.3, -0.25) is 9.36 Å². The second-order valence-electron chi connectivity index (χ2n) is 9.24. The molecule has 2 aromatic carbocycles. The standard InChI is InChI=1S/C26H30N4O4/c1-16-14-20(17(2)27-22-9-4-3-8-19(22)25(32)33)23-21(15-16)24(31)30(18-6-5-7-18)26(28-23)29-10-12-34-13-11-29/h3-4,8-9,14-15,17-18,27H,5-7,10-13H2,1-2H3,(H,32,33)/t17-/m0/s1. The number of hydrogen-bond donors (Lipinski definition) is 2. The van der Waals surface area contributed by atoms with Gasteiger partial charge in [-0.05, 0) is 56.9 Å². The predicted molar refractivity (Wildman–Crippen MR) is 132 cm³/mol. The molecule has 2 aliphatic rings. The molecule has 178 valence electrons. The Labute approximate surface area is 198 Å². The number of fused-ring (bicyclic) bond motifs is 1. The van der Waals surface area contributed by atoms with Crippen LogP contribution in [-0.2, 0) is 4.74 Å². The first kappa shape index (κ1) is 22.4. The molecule has 34 heavy (non-hydrogen) atoms. The van der Waals surface area contributed by atoms with E-state index < -0.39 is 5.97 Å². The Bertz CT molecular complexity index is 1290. The minimum Gasteiger partial charge on any atom is -0.478 e. The summed E-state index contributed by atoms with van der Waals surface area (Å²) in [6, 6.07) is 10.7. The van der Waals surface area contributed by atoms with Crippen LogP contribution in [0.1, 0.15) is 59.8 Å². The van der Waals surface area contributed by atoms with Gasteiger partial charge in [0.05, 0.1) is 35.7 Å². The zero-order valence-electron chi connectivity index (χ0n) is 19.6. The van der Waals surface area contributed by atoms with Crippen LogP contribution in [0.2, 0.25) is 0 Å². The first-order valence-electron chi connectivity index (χ1n) is 11.9. The molecule has 0 radical (unpaired) electrons. The Hall–Kier alpha value is -3.39. The summed E-state index contributed by atoms with van der Waals surface area (Å²) in [7, 11) is 0. The van der Waals surface area contributed by atoms with Crippen molar-refractivity contribution in [2.75, 3.05) is 36.5 Å². The van der Waals surface area contributed by atoms with Crippen LogP contribution in [0.3, 0.4) is 0 Å². The normalized spacial score (nSPS) is 17.4. The highest BCUT2D eigenvalue weighted by molar-refractivity contribution is 5.94. The number of morpholine rings is 1. The van der Waals surface area contributed by atoms with E-state index in [1.807, 2.05) is 36.6 Å². The average molecular weight is 463 g/mol.